The van der Waals surface area contributed by atoms with E-state index in [1.54, 1.807) is 6.07 Å². The van der Waals surface area contributed by atoms with Gasteiger partial charge in [0.05, 0.1) is 10.5 Å². The first kappa shape index (κ1) is 17.6. The van der Waals surface area contributed by atoms with Crippen molar-refractivity contribution in [1.29, 1.82) is 0 Å². The molecule has 0 bridgehead atoms. The number of nitrogens with one attached hydrogen (secondary N) is 1. The third kappa shape index (κ3) is 3.56. The number of ether oxygens (including phenoxy) is 1. The van der Waals surface area contributed by atoms with Gasteiger partial charge in [-0.15, -0.1) is 0 Å². The van der Waals surface area contributed by atoms with Gasteiger partial charge >= 0.3 is 5.97 Å². The number of hydrogen-bond acceptors (Lipinski definition) is 5. The smallest absolute Gasteiger partial charge is 0.339 e. The molecule has 0 aliphatic carbocycles. The number of nitro benzene ring substituents is 1. The van der Waals surface area contributed by atoms with E-state index in [0.717, 1.165) is 11.1 Å². The first-order valence-corrected chi connectivity index (χ1v) is 8.24. The number of fused-ring (bicyclic) bond motifs is 1. The summed E-state index contributed by atoms with van der Waals surface area (Å²) < 4.78 is 5.25. The zero-order valence-corrected chi connectivity index (χ0v) is 14.4. The van der Waals surface area contributed by atoms with Crippen LogP contribution in [0, 0.1) is 10.1 Å². The number of hydrogen-bond donors (Lipinski definition) is 1. The van der Waals surface area contributed by atoms with Gasteiger partial charge in [-0.3, -0.25) is 14.9 Å². The van der Waals surface area contributed by atoms with Crippen LogP contribution in [0.15, 0.2) is 42.5 Å². The third-order valence-corrected chi connectivity index (χ3v) is 4.31. The molecule has 1 heterocycles. The SMILES string of the molecule is CC(C)c1ccc2c(c1)CC(C(=O)Nc1ccc([N+](=O)[O-])cc1)OC2=O. The second-order valence-corrected chi connectivity index (χ2v) is 6.46. The molecule has 0 fully saturated rings. The Bertz CT molecular complexity index is 874. The highest BCUT2D eigenvalue weighted by molar-refractivity contribution is 6.00. The van der Waals surface area contributed by atoms with Gasteiger partial charge < -0.3 is 10.1 Å². The lowest BCUT2D eigenvalue weighted by molar-refractivity contribution is -0.384. The number of carbonyl (C=O) groups excluding carboxylic acids is 2. The molecule has 1 atom stereocenters. The number of anilines is 1. The van der Waals surface area contributed by atoms with E-state index >= 15 is 0 Å². The van der Waals surface area contributed by atoms with Crippen molar-refractivity contribution in [2.45, 2.75) is 32.3 Å². The Hall–Kier alpha value is -3.22. The highest BCUT2D eigenvalue weighted by Gasteiger charge is 2.31. The zero-order valence-electron chi connectivity index (χ0n) is 14.4. The van der Waals surface area contributed by atoms with Gasteiger partial charge in [-0.2, -0.15) is 0 Å². The van der Waals surface area contributed by atoms with Crippen LogP contribution in [0.25, 0.3) is 0 Å². The van der Waals surface area contributed by atoms with Crippen molar-refractivity contribution in [3.05, 3.63) is 69.3 Å². The van der Waals surface area contributed by atoms with Crippen LogP contribution in [0.3, 0.4) is 0 Å². The monoisotopic (exact) mass is 354 g/mol. The van der Waals surface area contributed by atoms with Crippen LogP contribution in [0.1, 0.15) is 41.3 Å². The normalized spacial score (nSPS) is 16.0. The van der Waals surface area contributed by atoms with E-state index in [9.17, 15) is 19.7 Å². The molecule has 0 aromatic heterocycles. The predicted octanol–water partition coefficient (Wildman–Crippen LogP) is 3.44. The van der Waals surface area contributed by atoms with Crippen molar-refractivity contribution in [3.63, 3.8) is 0 Å². The average molecular weight is 354 g/mol. The van der Waals surface area contributed by atoms with Gasteiger partial charge in [0.2, 0.25) is 0 Å². The lowest BCUT2D eigenvalue weighted by atomic mass is 9.92. The van der Waals surface area contributed by atoms with Crippen molar-refractivity contribution in [2.75, 3.05) is 5.32 Å². The molecule has 1 N–H and O–H groups in total. The average Bonchev–Trinajstić information content (AvgIpc) is 2.61. The Morgan fingerprint density at radius 2 is 1.92 bits per heavy atom. The van der Waals surface area contributed by atoms with E-state index in [2.05, 4.69) is 19.2 Å². The number of benzene rings is 2. The number of amides is 1. The molecular weight excluding hydrogens is 336 g/mol. The number of nitrogens with zero attached hydrogens (tertiary/aromatic N) is 1. The number of rotatable bonds is 4. The molecule has 1 unspecified atom stereocenters. The number of esters is 1. The zero-order chi connectivity index (χ0) is 18.8. The standard InChI is InChI=1S/C19H18N2O5/c1-11(2)12-3-8-16-13(9-12)10-17(26-19(16)23)18(22)20-14-4-6-15(7-5-14)21(24)25/h3-9,11,17H,10H2,1-2H3,(H,20,22). The van der Waals surface area contributed by atoms with Crippen LogP contribution in [-0.4, -0.2) is 22.9 Å². The molecule has 0 spiro atoms. The van der Waals surface area contributed by atoms with Gasteiger partial charge in [0.15, 0.2) is 6.10 Å². The third-order valence-electron chi connectivity index (χ3n) is 4.31. The van der Waals surface area contributed by atoms with Crippen LogP contribution < -0.4 is 5.32 Å². The number of carbonyl (C=O) groups is 2. The summed E-state index contributed by atoms with van der Waals surface area (Å²) >= 11 is 0. The van der Waals surface area contributed by atoms with Gasteiger partial charge in [-0.1, -0.05) is 26.0 Å². The van der Waals surface area contributed by atoms with Crippen LogP contribution >= 0.6 is 0 Å². The van der Waals surface area contributed by atoms with E-state index in [0.29, 0.717) is 23.6 Å². The Kier molecular flexibility index (Phi) is 4.71. The van der Waals surface area contributed by atoms with Crippen molar-refractivity contribution < 1.29 is 19.2 Å². The number of cyclic esters (lactones) is 1. The van der Waals surface area contributed by atoms with Crippen LogP contribution in [0.2, 0.25) is 0 Å². The Morgan fingerprint density at radius 1 is 1.23 bits per heavy atom. The van der Waals surface area contributed by atoms with Crippen LogP contribution in [-0.2, 0) is 16.0 Å². The van der Waals surface area contributed by atoms with E-state index in [-0.39, 0.29) is 5.69 Å². The molecule has 2 aromatic carbocycles. The maximum Gasteiger partial charge on any atom is 0.339 e. The minimum absolute atomic E-state index is 0.0674. The lowest BCUT2D eigenvalue weighted by Crippen LogP contribution is -2.38. The second-order valence-electron chi connectivity index (χ2n) is 6.46. The molecule has 134 valence electrons. The summed E-state index contributed by atoms with van der Waals surface area (Å²) in [5.74, 6) is -0.677. The Morgan fingerprint density at radius 3 is 2.54 bits per heavy atom. The summed E-state index contributed by atoms with van der Waals surface area (Å²) in [5.41, 5.74) is 2.69. The van der Waals surface area contributed by atoms with Crippen molar-refractivity contribution >= 4 is 23.3 Å². The lowest BCUT2D eigenvalue weighted by Gasteiger charge is -2.24. The first-order chi connectivity index (χ1) is 12.3. The summed E-state index contributed by atoms with van der Waals surface area (Å²) in [5, 5.41) is 13.3. The fraction of sp³-hybridized carbons (Fsp3) is 0.263. The fourth-order valence-electron chi connectivity index (χ4n) is 2.81. The topological polar surface area (TPSA) is 98.5 Å². The maximum absolute atomic E-state index is 12.4. The van der Waals surface area contributed by atoms with E-state index < -0.39 is 22.9 Å². The molecule has 0 saturated carbocycles. The molecule has 2 aromatic rings. The molecule has 1 amide bonds. The van der Waals surface area contributed by atoms with E-state index in [1.165, 1.54) is 24.3 Å². The molecule has 3 rings (SSSR count). The maximum atomic E-state index is 12.4. The largest absolute Gasteiger partial charge is 0.448 e. The molecule has 0 radical (unpaired) electrons. The van der Waals surface area contributed by atoms with Gasteiger partial charge in [-0.05, 0) is 35.2 Å². The molecular formula is C19H18N2O5. The van der Waals surface area contributed by atoms with Crippen LogP contribution in [0.5, 0.6) is 0 Å². The number of non-ortho nitro benzene ring substituents is 1. The van der Waals surface area contributed by atoms with E-state index in [4.69, 9.17) is 4.74 Å². The summed E-state index contributed by atoms with van der Waals surface area (Å²) in [6.45, 7) is 4.11. The molecule has 0 saturated heterocycles. The minimum atomic E-state index is -0.937. The van der Waals surface area contributed by atoms with Crippen molar-refractivity contribution in [2.24, 2.45) is 0 Å². The molecule has 7 nitrogen and oxygen atoms in total. The Labute approximate surface area is 150 Å². The molecule has 1 aliphatic heterocycles. The summed E-state index contributed by atoms with van der Waals surface area (Å²) in [4.78, 5) is 34.8. The van der Waals surface area contributed by atoms with Gasteiger partial charge in [0.25, 0.3) is 11.6 Å². The molecule has 7 heteroatoms. The van der Waals surface area contributed by atoms with Gasteiger partial charge in [-0.25, -0.2) is 4.79 Å². The summed E-state index contributed by atoms with van der Waals surface area (Å²) in [6.07, 6.45) is -0.645. The number of nitro groups is 1. The van der Waals surface area contributed by atoms with Gasteiger partial charge in [0, 0.05) is 24.2 Å². The first-order valence-electron chi connectivity index (χ1n) is 8.24. The highest BCUT2D eigenvalue weighted by atomic mass is 16.6. The van der Waals surface area contributed by atoms with E-state index in [1.807, 2.05) is 12.1 Å². The fourth-order valence-corrected chi connectivity index (χ4v) is 2.81. The predicted molar refractivity (Wildman–Crippen MR) is 95.2 cm³/mol. The summed E-state index contributed by atoms with van der Waals surface area (Å²) in [7, 11) is 0. The van der Waals surface area contributed by atoms with Crippen molar-refractivity contribution in [1.82, 2.24) is 0 Å². The van der Waals surface area contributed by atoms with Crippen molar-refractivity contribution in [3.8, 4) is 0 Å². The highest BCUT2D eigenvalue weighted by Crippen LogP contribution is 2.26. The second kappa shape index (κ2) is 6.95. The molecule has 26 heavy (non-hydrogen) atoms. The quantitative estimate of drug-likeness (QED) is 0.515. The van der Waals surface area contributed by atoms with Gasteiger partial charge in [0.1, 0.15) is 0 Å². The minimum Gasteiger partial charge on any atom is -0.448 e. The van der Waals surface area contributed by atoms with Crippen LogP contribution in [0.4, 0.5) is 11.4 Å². The molecule has 1 aliphatic rings. The summed E-state index contributed by atoms with van der Waals surface area (Å²) in [6, 6.07) is 11.0. The Balaban J connectivity index is 1.75.